The van der Waals surface area contributed by atoms with E-state index in [1.807, 2.05) is 5.32 Å². The lowest BCUT2D eigenvalue weighted by atomic mass is 10.0. The highest BCUT2D eigenvalue weighted by Crippen LogP contribution is 2.25. The quantitative estimate of drug-likeness (QED) is 0.643. The van der Waals surface area contributed by atoms with Crippen LogP contribution in [0.1, 0.15) is 26.7 Å². The van der Waals surface area contributed by atoms with E-state index in [1.54, 1.807) is 0 Å². The highest BCUT2D eigenvalue weighted by Gasteiger charge is 2.42. The maximum absolute atomic E-state index is 12.5. The molecular formula is C10H17F3N2O3. The minimum absolute atomic E-state index is 0.0147. The molecule has 0 aliphatic rings. The molecule has 0 saturated heterocycles. The highest BCUT2D eigenvalue weighted by molar-refractivity contribution is 5.74. The summed E-state index contributed by atoms with van der Waals surface area (Å²) in [4.78, 5) is 21.3. The van der Waals surface area contributed by atoms with Gasteiger partial charge in [-0.05, 0) is 12.3 Å². The van der Waals surface area contributed by atoms with Crippen LogP contribution < -0.4 is 10.6 Å². The summed E-state index contributed by atoms with van der Waals surface area (Å²) >= 11 is 0. The molecule has 0 aromatic carbocycles. The SMILES string of the molecule is CC(C)[C@H](NC(=O)NCCCC(=O)O)C(F)(F)F. The molecule has 0 fully saturated rings. The second-order valence-corrected chi connectivity index (χ2v) is 4.16. The van der Waals surface area contributed by atoms with Gasteiger partial charge in [-0.15, -0.1) is 0 Å². The van der Waals surface area contributed by atoms with E-state index in [0.29, 0.717) is 0 Å². The van der Waals surface area contributed by atoms with E-state index in [1.165, 1.54) is 13.8 Å². The van der Waals surface area contributed by atoms with Crippen molar-refractivity contribution in [1.29, 1.82) is 0 Å². The Kier molecular flexibility index (Phi) is 6.50. The number of carboxylic acid groups (broad SMARTS) is 1. The van der Waals surface area contributed by atoms with Gasteiger partial charge in [-0.3, -0.25) is 4.79 Å². The number of carbonyl (C=O) groups excluding carboxylic acids is 1. The van der Waals surface area contributed by atoms with Crippen molar-refractivity contribution in [2.24, 2.45) is 5.92 Å². The summed E-state index contributed by atoms with van der Waals surface area (Å²) in [6, 6.07) is -2.87. The largest absolute Gasteiger partial charge is 0.481 e. The summed E-state index contributed by atoms with van der Waals surface area (Å²) in [5.74, 6) is -1.80. The molecule has 8 heteroatoms. The van der Waals surface area contributed by atoms with Crippen LogP contribution in [-0.4, -0.2) is 35.9 Å². The zero-order chi connectivity index (χ0) is 14.3. The monoisotopic (exact) mass is 270 g/mol. The van der Waals surface area contributed by atoms with Crippen molar-refractivity contribution >= 4 is 12.0 Å². The first-order chi connectivity index (χ1) is 8.14. The zero-order valence-electron chi connectivity index (χ0n) is 10.2. The van der Waals surface area contributed by atoms with E-state index in [4.69, 9.17) is 5.11 Å². The first-order valence-electron chi connectivity index (χ1n) is 5.47. The number of hydrogen-bond donors (Lipinski definition) is 3. The third-order valence-electron chi connectivity index (χ3n) is 2.16. The van der Waals surface area contributed by atoms with Gasteiger partial charge in [0.15, 0.2) is 0 Å². The molecule has 0 unspecified atom stereocenters. The molecule has 0 aromatic rings. The summed E-state index contributed by atoms with van der Waals surface area (Å²) in [5.41, 5.74) is 0. The fourth-order valence-electron chi connectivity index (χ4n) is 1.26. The zero-order valence-corrected chi connectivity index (χ0v) is 10.2. The Morgan fingerprint density at radius 2 is 1.83 bits per heavy atom. The smallest absolute Gasteiger partial charge is 0.408 e. The number of alkyl halides is 3. The molecule has 3 N–H and O–H groups in total. The predicted molar refractivity (Wildman–Crippen MR) is 58.1 cm³/mol. The maximum Gasteiger partial charge on any atom is 0.408 e. The first kappa shape index (κ1) is 16.5. The molecule has 0 radical (unpaired) electrons. The second kappa shape index (κ2) is 7.07. The molecule has 5 nitrogen and oxygen atoms in total. The molecule has 0 aliphatic carbocycles. The van der Waals surface area contributed by atoms with Crippen LogP contribution in [0.25, 0.3) is 0 Å². The number of aliphatic carboxylic acids is 1. The number of amides is 2. The summed E-state index contributed by atoms with van der Waals surface area (Å²) < 4.78 is 37.5. The number of hydrogen-bond acceptors (Lipinski definition) is 2. The van der Waals surface area contributed by atoms with Crippen LogP contribution >= 0.6 is 0 Å². The number of urea groups is 1. The van der Waals surface area contributed by atoms with Gasteiger partial charge in [0, 0.05) is 13.0 Å². The second-order valence-electron chi connectivity index (χ2n) is 4.16. The van der Waals surface area contributed by atoms with Gasteiger partial charge in [-0.2, -0.15) is 13.2 Å². The maximum atomic E-state index is 12.5. The Bertz CT molecular complexity index is 293. The lowest BCUT2D eigenvalue weighted by Gasteiger charge is -2.24. The van der Waals surface area contributed by atoms with Crippen LogP contribution in [0.3, 0.4) is 0 Å². The lowest BCUT2D eigenvalue weighted by Crippen LogP contribution is -2.52. The molecular weight excluding hydrogens is 253 g/mol. The summed E-state index contributed by atoms with van der Waals surface area (Å²) in [6.07, 6.45) is -4.49. The van der Waals surface area contributed by atoms with Gasteiger partial charge in [0.05, 0.1) is 0 Å². The number of halogens is 3. The number of rotatable bonds is 6. The third-order valence-corrected chi connectivity index (χ3v) is 2.16. The van der Waals surface area contributed by atoms with E-state index in [9.17, 15) is 22.8 Å². The summed E-state index contributed by atoms with van der Waals surface area (Å²) in [6.45, 7) is 2.71. The van der Waals surface area contributed by atoms with E-state index in [2.05, 4.69) is 5.32 Å². The Labute approximate surface area is 103 Å². The molecule has 0 aliphatic heterocycles. The van der Waals surface area contributed by atoms with Crippen LogP contribution in [0.5, 0.6) is 0 Å². The lowest BCUT2D eigenvalue weighted by molar-refractivity contribution is -0.162. The first-order valence-corrected chi connectivity index (χ1v) is 5.47. The van der Waals surface area contributed by atoms with Gasteiger partial charge >= 0.3 is 18.2 Å². The summed E-state index contributed by atoms with van der Waals surface area (Å²) in [7, 11) is 0. The predicted octanol–water partition coefficient (Wildman–Crippen LogP) is 1.74. The Morgan fingerprint density at radius 1 is 1.28 bits per heavy atom. The molecule has 0 spiro atoms. The highest BCUT2D eigenvalue weighted by atomic mass is 19.4. The van der Waals surface area contributed by atoms with Gasteiger partial charge < -0.3 is 15.7 Å². The van der Waals surface area contributed by atoms with Crippen molar-refractivity contribution in [3.05, 3.63) is 0 Å². The van der Waals surface area contributed by atoms with E-state index in [-0.39, 0.29) is 19.4 Å². The summed E-state index contributed by atoms with van der Waals surface area (Å²) in [5, 5.41) is 12.3. The van der Waals surface area contributed by atoms with Crippen molar-refractivity contribution in [2.45, 2.75) is 38.9 Å². The minimum atomic E-state index is -4.51. The van der Waals surface area contributed by atoms with E-state index in [0.717, 1.165) is 0 Å². The molecule has 1 atom stereocenters. The average molecular weight is 270 g/mol. The van der Waals surface area contributed by atoms with Crippen molar-refractivity contribution in [2.75, 3.05) is 6.54 Å². The van der Waals surface area contributed by atoms with Crippen LogP contribution in [0.4, 0.5) is 18.0 Å². The molecule has 0 saturated carbocycles. The number of carboxylic acids is 1. The Morgan fingerprint density at radius 3 is 2.22 bits per heavy atom. The topological polar surface area (TPSA) is 78.4 Å². The Hall–Kier alpha value is -1.47. The van der Waals surface area contributed by atoms with Gasteiger partial charge in [0.25, 0.3) is 0 Å². The van der Waals surface area contributed by atoms with Crippen molar-refractivity contribution in [1.82, 2.24) is 10.6 Å². The van der Waals surface area contributed by atoms with E-state index >= 15 is 0 Å². The molecule has 0 bridgehead atoms. The fourth-order valence-corrected chi connectivity index (χ4v) is 1.26. The van der Waals surface area contributed by atoms with Crippen LogP contribution in [0, 0.1) is 5.92 Å². The molecule has 0 rings (SSSR count). The molecule has 106 valence electrons. The average Bonchev–Trinajstić information content (AvgIpc) is 2.18. The number of carbonyl (C=O) groups is 2. The van der Waals surface area contributed by atoms with Crippen molar-refractivity contribution < 1.29 is 27.9 Å². The van der Waals surface area contributed by atoms with E-state index < -0.39 is 30.1 Å². The van der Waals surface area contributed by atoms with Gasteiger partial charge in [-0.1, -0.05) is 13.8 Å². The Balaban J connectivity index is 4.08. The standard InChI is InChI=1S/C10H17F3N2O3/c1-6(2)8(10(11,12)13)15-9(18)14-5-3-4-7(16)17/h6,8H,3-5H2,1-2H3,(H,16,17)(H2,14,15,18)/t8-/m0/s1. The van der Waals surface area contributed by atoms with Crippen molar-refractivity contribution in [3.63, 3.8) is 0 Å². The van der Waals surface area contributed by atoms with Gasteiger partial charge in [0.1, 0.15) is 6.04 Å². The van der Waals surface area contributed by atoms with Crippen LogP contribution in [0.15, 0.2) is 0 Å². The molecule has 2 amide bonds. The molecule has 18 heavy (non-hydrogen) atoms. The van der Waals surface area contributed by atoms with Crippen molar-refractivity contribution in [3.8, 4) is 0 Å². The van der Waals surface area contributed by atoms with Crippen LogP contribution in [-0.2, 0) is 4.79 Å². The third kappa shape index (κ3) is 6.97. The normalized spacial score (nSPS) is 13.2. The van der Waals surface area contributed by atoms with Crippen LogP contribution in [0.2, 0.25) is 0 Å². The minimum Gasteiger partial charge on any atom is -0.481 e. The molecule has 0 heterocycles. The molecule has 0 aromatic heterocycles. The van der Waals surface area contributed by atoms with Gasteiger partial charge in [0.2, 0.25) is 0 Å². The number of nitrogens with one attached hydrogen (secondary N) is 2. The fraction of sp³-hybridized carbons (Fsp3) is 0.800. The van der Waals surface area contributed by atoms with Gasteiger partial charge in [-0.25, -0.2) is 4.79 Å².